The lowest BCUT2D eigenvalue weighted by Gasteiger charge is -2.48. The van der Waals surface area contributed by atoms with Crippen LogP contribution in [0.15, 0.2) is 60.7 Å². The first-order chi connectivity index (χ1) is 20.7. The number of aliphatic carboxylic acids is 1. The molecular weight excluding hydrogens is 556 g/mol. The quantitative estimate of drug-likeness (QED) is 0.188. The van der Waals surface area contributed by atoms with Crippen LogP contribution in [0.1, 0.15) is 44.1 Å². The third-order valence-corrected chi connectivity index (χ3v) is 7.52. The molecule has 43 heavy (non-hydrogen) atoms. The van der Waals surface area contributed by atoms with Gasteiger partial charge in [-0.15, -0.1) is 0 Å². The Bertz CT molecular complexity index is 1140. The number of carbonyl (C=O) groups excluding carboxylic acids is 1. The lowest BCUT2D eigenvalue weighted by Crippen LogP contribution is -2.66. The number of nitrogens with one attached hydrogen (secondary N) is 2. The van der Waals surface area contributed by atoms with Gasteiger partial charge in [0.2, 0.25) is 5.91 Å². The summed E-state index contributed by atoms with van der Waals surface area (Å²) in [5, 5.41) is 15.4. The van der Waals surface area contributed by atoms with Gasteiger partial charge in [-0.1, -0.05) is 60.7 Å². The van der Waals surface area contributed by atoms with Gasteiger partial charge in [-0.2, -0.15) is 0 Å². The number of carbonyl (C=O) groups is 2. The van der Waals surface area contributed by atoms with Crippen LogP contribution < -0.4 is 22.1 Å². The van der Waals surface area contributed by atoms with Crippen LogP contribution in [0.25, 0.3) is 0 Å². The Kier molecular flexibility index (Phi) is 12.4. The maximum Gasteiger partial charge on any atom is 0.303 e. The van der Waals surface area contributed by atoms with E-state index < -0.39 is 54.9 Å². The SMILES string of the molecule is C[C@H](CN[C@@H](C)CN[C@H](CCC(=O)O)C(N)=O)O[C@@H]1[C@@H](N)[C@@H](OCc2ccccc2)O[C@@H]2CO[C@@H](c3ccccc3)O[C@@H]12. The second-order valence-corrected chi connectivity index (χ2v) is 11.1. The number of hydrogen-bond acceptors (Lipinski definition) is 10. The molecule has 12 heteroatoms. The predicted octanol–water partition coefficient (Wildman–Crippen LogP) is 1.43. The number of amides is 1. The largest absolute Gasteiger partial charge is 0.481 e. The standard InChI is InChI=1S/C31H44N4O8/c1-19(15-35-23(29(33)38)13-14-25(36)37)34-16-20(2)41-28-26(32)31(39-17-21-9-5-3-6-10-21)42-24-18-40-30(43-27(24)28)22-11-7-4-8-12-22/h3-12,19-20,23-24,26-28,30-31,34-35H,13-18,32H2,1-2H3,(H2,33,38)(H,36,37)/t19-,20+,23+,24+,26+,27+,28+,30+,31-/m0/s1. The van der Waals surface area contributed by atoms with Crippen molar-refractivity contribution in [1.29, 1.82) is 0 Å². The Morgan fingerprint density at radius 1 is 1.02 bits per heavy atom. The van der Waals surface area contributed by atoms with Crippen molar-refractivity contribution in [2.45, 2.75) is 88.4 Å². The average Bonchev–Trinajstić information content (AvgIpc) is 3.01. The molecule has 2 fully saturated rings. The molecule has 2 heterocycles. The number of nitrogens with two attached hydrogens (primary N) is 2. The Morgan fingerprint density at radius 2 is 1.72 bits per heavy atom. The van der Waals surface area contributed by atoms with Crippen LogP contribution in [0.5, 0.6) is 0 Å². The van der Waals surface area contributed by atoms with E-state index in [9.17, 15) is 9.59 Å². The van der Waals surface area contributed by atoms with Gasteiger partial charge < -0.3 is 50.9 Å². The second-order valence-electron chi connectivity index (χ2n) is 11.1. The molecule has 2 aliphatic rings. The highest BCUT2D eigenvalue weighted by Gasteiger charge is 2.50. The van der Waals surface area contributed by atoms with Gasteiger partial charge in [0.25, 0.3) is 0 Å². The molecular formula is C31H44N4O8. The number of fused-ring (bicyclic) bond motifs is 1. The summed E-state index contributed by atoms with van der Waals surface area (Å²) in [4.78, 5) is 22.6. The van der Waals surface area contributed by atoms with E-state index in [0.717, 1.165) is 11.1 Å². The summed E-state index contributed by atoms with van der Waals surface area (Å²) in [5.41, 5.74) is 14.0. The van der Waals surface area contributed by atoms with Crippen molar-refractivity contribution < 1.29 is 38.4 Å². The lowest BCUT2D eigenvalue weighted by atomic mass is 9.95. The van der Waals surface area contributed by atoms with E-state index in [2.05, 4.69) is 10.6 Å². The van der Waals surface area contributed by atoms with Gasteiger partial charge >= 0.3 is 5.97 Å². The molecule has 0 radical (unpaired) electrons. The molecule has 2 aromatic carbocycles. The normalized spacial score (nSPS) is 27.5. The minimum atomic E-state index is -0.977. The number of ether oxygens (including phenoxy) is 5. The lowest BCUT2D eigenvalue weighted by molar-refractivity contribution is -0.350. The number of hydrogen-bond donors (Lipinski definition) is 5. The van der Waals surface area contributed by atoms with Gasteiger partial charge in [0.05, 0.1) is 31.4 Å². The number of carboxylic acids is 1. The summed E-state index contributed by atoms with van der Waals surface area (Å²) in [6.07, 6.45) is -3.07. The van der Waals surface area contributed by atoms with E-state index in [4.69, 9.17) is 40.3 Å². The third-order valence-electron chi connectivity index (χ3n) is 7.52. The van der Waals surface area contributed by atoms with Crippen LogP contribution in [-0.4, -0.2) is 85.5 Å². The second kappa shape index (κ2) is 16.2. The Morgan fingerprint density at radius 3 is 2.40 bits per heavy atom. The maximum atomic E-state index is 11.7. The van der Waals surface area contributed by atoms with E-state index in [1.54, 1.807) is 0 Å². The Hall–Kier alpha value is -2.94. The van der Waals surface area contributed by atoms with E-state index >= 15 is 0 Å². The Balaban J connectivity index is 1.36. The van der Waals surface area contributed by atoms with Crippen molar-refractivity contribution in [3.8, 4) is 0 Å². The molecule has 12 nitrogen and oxygen atoms in total. The first-order valence-electron chi connectivity index (χ1n) is 14.7. The highest BCUT2D eigenvalue weighted by atomic mass is 16.7. The summed E-state index contributed by atoms with van der Waals surface area (Å²) in [6, 6.07) is 18.1. The zero-order valence-electron chi connectivity index (χ0n) is 24.7. The van der Waals surface area contributed by atoms with Crippen LogP contribution in [0, 0.1) is 0 Å². The number of benzene rings is 2. The fourth-order valence-electron chi connectivity index (χ4n) is 5.13. The maximum absolute atomic E-state index is 11.7. The van der Waals surface area contributed by atoms with Gasteiger partial charge in [0.15, 0.2) is 12.6 Å². The summed E-state index contributed by atoms with van der Waals surface area (Å²) in [7, 11) is 0. The van der Waals surface area contributed by atoms with Gasteiger partial charge in [0, 0.05) is 31.1 Å². The molecule has 2 aromatic rings. The van der Waals surface area contributed by atoms with Crippen molar-refractivity contribution >= 4 is 11.9 Å². The Labute approximate surface area is 252 Å². The number of rotatable bonds is 16. The van der Waals surface area contributed by atoms with Crippen LogP contribution >= 0.6 is 0 Å². The molecule has 7 N–H and O–H groups in total. The minimum absolute atomic E-state index is 0.0578. The van der Waals surface area contributed by atoms with E-state index in [-0.39, 0.29) is 25.0 Å². The number of carboxylic acid groups (broad SMARTS) is 1. The molecule has 236 valence electrons. The number of primary amides is 1. The monoisotopic (exact) mass is 600 g/mol. The summed E-state index contributed by atoms with van der Waals surface area (Å²) in [6.45, 7) is 5.41. The van der Waals surface area contributed by atoms with Gasteiger partial charge in [-0.3, -0.25) is 9.59 Å². The van der Waals surface area contributed by atoms with Gasteiger partial charge in [0.1, 0.15) is 18.3 Å². The molecule has 0 spiro atoms. The third kappa shape index (κ3) is 9.78. The van der Waals surface area contributed by atoms with E-state index in [0.29, 0.717) is 26.3 Å². The summed E-state index contributed by atoms with van der Waals surface area (Å²) in [5.74, 6) is -1.56. The van der Waals surface area contributed by atoms with Crippen LogP contribution in [0.3, 0.4) is 0 Å². The van der Waals surface area contributed by atoms with Crippen molar-refractivity contribution in [3.05, 3.63) is 71.8 Å². The van der Waals surface area contributed by atoms with Crippen LogP contribution in [-0.2, 0) is 39.9 Å². The summed E-state index contributed by atoms with van der Waals surface area (Å²) < 4.78 is 31.3. The fraction of sp³-hybridized carbons (Fsp3) is 0.548. The van der Waals surface area contributed by atoms with E-state index in [1.807, 2.05) is 74.5 Å². The molecule has 0 bridgehead atoms. The fourth-order valence-corrected chi connectivity index (χ4v) is 5.13. The zero-order chi connectivity index (χ0) is 30.8. The van der Waals surface area contributed by atoms with Gasteiger partial charge in [-0.05, 0) is 25.8 Å². The average molecular weight is 601 g/mol. The highest BCUT2D eigenvalue weighted by molar-refractivity contribution is 5.80. The molecule has 0 aromatic heterocycles. The van der Waals surface area contributed by atoms with Crippen molar-refractivity contribution in [1.82, 2.24) is 10.6 Å². The molecule has 0 aliphatic carbocycles. The molecule has 2 aliphatic heterocycles. The first kappa shape index (κ1) is 33.0. The van der Waals surface area contributed by atoms with Crippen LogP contribution in [0.4, 0.5) is 0 Å². The van der Waals surface area contributed by atoms with Crippen molar-refractivity contribution in [2.75, 3.05) is 19.7 Å². The van der Waals surface area contributed by atoms with Crippen LogP contribution in [0.2, 0.25) is 0 Å². The molecule has 9 atom stereocenters. The van der Waals surface area contributed by atoms with Crippen molar-refractivity contribution in [2.24, 2.45) is 11.5 Å². The summed E-state index contributed by atoms with van der Waals surface area (Å²) >= 11 is 0. The van der Waals surface area contributed by atoms with E-state index in [1.165, 1.54) is 0 Å². The highest BCUT2D eigenvalue weighted by Crippen LogP contribution is 2.35. The minimum Gasteiger partial charge on any atom is -0.481 e. The zero-order valence-corrected chi connectivity index (χ0v) is 24.7. The molecule has 2 saturated heterocycles. The molecule has 0 unspecified atom stereocenters. The van der Waals surface area contributed by atoms with Gasteiger partial charge in [-0.25, -0.2) is 0 Å². The smallest absolute Gasteiger partial charge is 0.303 e. The molecule has 0 saturated carbocycles. The molecule has 4 rings (SSSR count). The topological polar surface area (TPSA) is 177 Å². The predicted molar refractivity (Wildman–Crippen MR) is 158 cm³/mol. The van der Waals surface area contributed by atoms with Crippen molar-refractivity contribution in [3.63, 3.8) is 0 Å². The first-order valence-corrected chi connectivity index (χ1v) is 14.7. The molecule has 1 amide bonds.